The molecule has 21 heavy (non-hydrogen) atoms. The van der Waals surface area contributed by atoms with Gasteiger partial charge in [-0.1, -0.05) is 0 Å². The maximum absolute atomic E-state index is 8.58. The van der Waals surface area contributed by atoms with Gasteiger partial charge in [-0.25, -0.2) is 0 Å². The molecule has 0 rings (SSSR count). The summed E-state index contributed by atoms with van der Waals surface area (Å²) in [6.45, 7) is 0. The van der Waals surface area contributed by atoms with Gasteiger partial charge in [0, 0.05) is 0 Å². The van der Waals surface area contributed by atoms with E-state index in [-0.39, 0.29) is 80.4 Å². The number of hydrogen-bond acceptors (Lipinski definition) is 12. The zero-order valence-corrected chi connectivity index (χ0v) is 17.3. The van der Waals surface area contributed by atoms with Gasteiger partial charge >= 0.3 is 69.4 Å². The van der Waals surface area contributed by atoms with Crippen molar-refractivity contribution in [1.82, 2.24) is 0 Å². The first kappa shape index (κ1) is 56.7. The number of rotatable bonds is 0. The Balaban J connectivity index is -0.0000000129. The van der Waals surface area contributed by atoms with E-state index in [1.165, 1.54) is 0 Å². The average molecular weight is 420 g/mol. The third-order valence-electron chi connectivity index (χ3n) is 0. The molecule has 0 aliphatic carbocycles. The largest absolute Gasteiger partial charge is 3.00 e. The molecule has 0 unspecified atom stereocenters. The third-order valence-corrected chi connectivity index (χ3v) is 0. The fraction of sp³-hybridized carbons (Fsp3) is 0. The van der Waals surface area contributed by atoms with Crippen molar-refractivity contribution in [2.75, 3.05) is 0 Å². The van der Waals surface area contributed by atoms with Gasteiger partial charge in [-0.05, 0) is 0 Å². The minimum absolute atomic E-state index is 0. The van der Waals surface area contributed by atoms with Crippen LogP contribution in [0.4, 0.5) is 0 Å². The minimum Gasteiger partial charge on any atom is -0.894 e. The van der Waals surface area contributed by atoms with Crippen LogP contribution < -0.4 is 57.5 Å². The predicted molar refractivity (Wildman–Crippen MR) is 47.5 cm³/mol. The van der Waals surface area contributed by atoms with Gasteiger partial charge in [0.25, 0.3) is 0 Å². The van der Waals surface area contributed by atoms with Crippen molar-refractivity contribution in [3.05, 3.63) is 0 Å². The Morgan fingerprint density at radius 2 is 0.286 bits per heavy atom. The Hall–Kier alpha value is 2.22. The molecule has 0 heterocycles. The first-order valence-electron chi connectivity index (χ1n) is 2.45. The molecule has 0 aliphatic rings. The van der Waals surface area contributed by atoms with Crippen LogP contribution in [0.2, 0.25) is 0 Å². The average Bonchev–Trinajstić information content (AvgIpc) is 1.41. The second-order valence-corrected chi connectivity index (χ2v) is 4.50. The molecule has 0 saturated carbocycles. The van der Waals surface area contributed by atoms with E-state index >= 15 is 0 Å². The fourth-order valence-corrected chi connectivity index (χ4v) is 0. The van der Waals surface area contributed by atoms with Gasteiger partial charge in [-0.15, -0.1) is 0 Å². The van der Waals surface area contributed by atoms with Crippen molar-refractivity contribution in [2.24, 2.45) is 0 Å². The van der Waals surface area contributed by atoms with Crippen LogP contribution in [0.5, 0.6) is 0 Å². The second kappa shape index (κ2) is 24.5. The van der Waals surface area contributed by atoms with Crippen LogP contribution in [0.3, 0.4) is 0 Å². The summed E-state index contributed by atoms with van der Waals surface area (Å²) in [5.41, 5.74) is 0. The molecule has 0 amide bonds. The van der Waals surface area contributed by atoms with Gasteiger partial charge in [0.2, 0.25) is 0 Å². The zero-order chi connectivity index (χ0) is 13.5. The summed E-state index contributed by atoms with van der Waals surface area (Å²) in [7, 11) is -16.8. The molecule has 0 spiro atoms. The van der Waals surface area contributed by atoms with Gasteiger partial charge in [0.1, 0.15) is 0 Å². The van der Waals surface area contributed by atoms with Gasteiger partial charge in [-0.2, -0.15) is 0 Å². The molecule has 0 fully saturated rings. The van der Waals surface area contributed by atoms with E-state index in [9.17, 15) is 0 Å². The monoisotopic (exact) mass is 420 g/mol. The van der Waals surface area contributed by atoms with Crippen molar-refractivity contribution < 1.29 is 68.5 Å². The Labute approximate surface area is 164 Å². The molecule has 0 aromatic carbocycles. The molecule has 14 nitrogen and oxygen atoms in total. The molecule has 0 saturated heterocycles. The third kappa shape index (κ3) is 1840. The van der Waals surface area contributed by atoms with Gasteiger partial charge in [-0.3, -0.25) is 0 Å². The maximum Gasteiger partial charge on any atom is 3.00 e. The van der Waals surface area contributed by atoms with E-state index in [2.05, 4.69) is 0 Å². The molecule has 0 aliphatic heterocycles. The normalized spacial score (nSPS) is 8.57. The van der Waals surface area contributed by atoms with Gasteiger partial charge in [0.05, 0.1) is 0 Å². The topological polar surface area (TPSA) is 340 Å². The second-order valence-electron chi connectivity index (χ2n) is 1.50. The standard InChI is InChI=1S/4Al.3O4Si.2H2O/c;;;;3*1-5(2,3)4;;/h;;;;;;;2*1H2/q4*+3;3*-4;;. The van der Waals surface area contributed by atoms with Crippen LogP contribution in [-0.2, 0) is 0 Å². The Morgan fingerprint density at radius 1 is 0.286 bits per heavy atom. The molecule has 0 aromatic heterocycles. The SMILES string of the molecule is O.O.[Al+3].[Al+3].[Al+3].[Al+3].[O-][Si]([O-])([O-])[O-].[O-][Si]([O-])([O-])[O-].[O-][Si]([O-])([O-])[O-]. The van der Waals surface area contributed by atoms with Crippen LogP contribution >= 0.6 is 0 Å². The molecular weight excluding hydrogens is 416 g/mol. The zero-order valence-electron chi connectivity index (χ0n) is 9.71. The predicted octanol–water partition coefficient (Wildman–Crippen LogP) is -18.6. The van der Waals surface area contributed by atoms with E-state index in [4.69, 9.17) is 57.5 Å². The molecular formula is H4Al4O14Si3. The molecule has 112 valence electrons. The van der Waals surface area contributed by atoms with E-state index in [0.29, 0.717) is 0 Å². The van der Waals surface area contributed by atoms with E-state index in [1.54, 1.807) is 0 Å². The number of hydrogen-bond donors (Lipinski definition) is 0. The van der Waals surface area contributed by atoms with Crippen LogP contribution in [0, 0.1) is 0 Å². The summed E-state index contributed by atoms with van der Waals surface area (Å²) in [6.07, 6.45) is 0. The van der Waals surface area contributed by atoms with Crippen molar-refractivity contribution in [3.8, 4) is 0 Å². The molecule has 0 radical (unpaired) electrons. The Kier molecular flexibility index (Phi) is 66.1. The van der Waals surface area contributed by atoms with Gasteiger partial charge in [0.15, 0.2) is 0 Å². The molecule has 0 aromatic rings. The summed E-state index contributed by atoms with van der Waals surface area (Å²) >= 11 is 0. The van der Waals surface area contributed by atoms with E-state index in [0.717, 1.165) is 0 Å². The van der Waals surface area contributed by atoms with Crippen molar-refractivity contribution in [3.63, 3.8) is 0 Å². The van der Waals surface area contributed by atoms with Crippen LogP contribution in [0.15, 0.2) is 0 Å². The summed E-state index contributed by atoms with van der Waals surface area (Å²) in [5.74, 6) is 0. The van der Waals surface area contributed by atoms with Crippen molar-refractivity contribution in [2.45, 2.75) is 0 Å². The maximum atomic E-state index is 8.58. The molecule has 21 heteroatoms. The molecule has 0 bridgehead atoms. The van der Waals surface area contributed by atoms with Crippen molar-refractivity contribution >= 4 is 96.6 Å². The Morgan fingerprint density at radius 3 is 0.286 bits per heavy atom. The molecule has 4 N–H and O–H groups in total. The van der Waals surface area contributed by atoms with Gasteiger partial charge < -0.3 is 95.6 Å². The minimum atomic E-state index is -5.61. The summed E-state index contributed by atoms with van der Waals surface area (Å²) in [5, 5.41) is 0. The van der Waals surface area contributed by atoms with Crippen LogP contribution in [0.25, 0.3) is 0 Å². The summed E-state index contributed by atoms with van der Waals surface area (Å²) < 4.78 is 0. The van der Waals surface area contributed by atoms with Crippen molar-refractivity contribution in [1.29, 1.82) is 0 Å². The summed E-state index contributed by atoms with van der Waals surface area (Å²) in [4.78, 5) is 103. The Bertz CT molecular complexity index is 101. The first-order chi connectivity index (χ1) is 6.00. The quantitative estimate of drug-likeness (QED) is 0.329. The fourth-order valence-electron chi connectivity index (χ4n) is 0. The van der Waals surface area contributed by atoms with Crippen LogP contribution in [0.1, 0.15) is 0 Å². The first-order valence-corrected chi connectivity index (χ1v) is 7.35. The molecule has 0 atom stereocenters. The van der Waals surface area contributed by atoms with E-state index < -0.39 is 27.1 Å². The summed E-state index contributed by atoms with van der Waals surface area (Å²) in [6, 6.07) is 0. The van der Waals surface area contributed by atoms with E-state index in [1.807, 2.05) is 0 Å². The smallest absolute Gasteiger partial charge is 0.894 e. The van der Waals surface area contributed by atoms with Crippen LogP contribution in [-0.4, -0.2) is 108 Å².